The number of hydrogen-bond acceptors (Lipinski definition) is 4. The van der Waals surface area contributed by atoms with Crippen LogP contribution in [0.25, 0.3) is 0 Å². The molecule has 2 aliphatic heterocycles. The average molecular weight is 410 g/mol. The van der Waals surface area contributed by atoms with E-state index >= 15 is 0 Å². The summed E-state index contributed by atoms with van der Waals surface area (Å²) in [6.45, 7) is 4.71. The van der Waals surface area contributed by atoms with Gasteiger partial charge in [-0.3, -0.25) is 9.59 Å². The van der Waals surface area contributed by atoms with E-state index in [-0.39, 0.29) is 24.2 Å². The van der Waals surface area contributed by atoms with E-state index in [0.717, 1.165) is 29.4 Å². The Balaban J connectivity index is 1.41. The molecule has 2 aromatic carbocycles. The van der Waals surface area contributed by atoms with E-state index in [1.165, 1.54) is 24.1 Å². The van der Waals surface area contributed by atoms with Crippen LogP contribution in [0.3, 0.4) is 0 Å². The summed E-state index contributed by atoms with van der Waals surface area (Å²) in [5, 5.41) is 3.01. The van der Waals surface area contributed by atoms with Gasteiger partial charge in [-0.2, -0.15) is 0 Å². The molecule has 1 unspecified atom stereocenters. The second-order valence-corrected chi connectivity index (χ2v) is 8.67. The molecule has 2 heterocycles. The van der Waals surface area contributed by atoms with E-state index in [2.05, 4.69) is 23.2 Å². The maximum Gasteiger partial charge on any atom is 0.229 e. The molecule has 5 nitrogen and oxygen atoms in total. The van der Waals surface area contributed by atoms with Gasteiger partial charge in [0.05, 0.1) is 5.92 Å². The van der Waals surface area contributed by atoms with Crippen molar-refractivity contribution in [2.24, 2.45) is 5.92 Å². The van der Waals surface area contributed by atoms with Gasteiger partial charge in [-0.25, -0.2) is 0 Å². The summed E-state index contributed by atoms with van der Waals surface area (Å²) in [4.78, 5) is 30.5. The number of nitrogens with one attached hydrogen (secondary N) is 1. The Bertz CT molecular complexity index is 907. The lowest BCUT2D eigenvalue weighted by Crippen LogP contribution is -2.28. The first-order valence-corrected chi connectivity index (χ1v) is 11.4. The van der Waals surface area contributed by atoms with Crippen LogP contribution in [0.15, 0.2) is 47.4 Å². The van der Waals surface area contributed by atoms with Crippen molar-refractivity contribution in [2.75, 3.05) is 41.0 Å². The molecule has 0 aromatic heterocycles. The van der Waals surface area contributed by atoms with Gasteiger partial charge in [0.1, 0.15) is 0 Å². The van der Waals surface area contributed by atoms with Crippen molar-refractivity contribution in [2.45, 2.75) is 31.1 Å². The molecule has 0 aliphatic carbocycles. The van der Waals surface area contributed by atoms with Gasteiger partial charge < -0.3 is 15.1 Å². The first-order valence-electron chi connectivity index (χ1n) is 10.2. The molecule has 0 saturated carbocycles. The number of aryl methyl sites for hydroxylation is 1. The van der Waals surface area contributed by atoms with Crippen molar-refractivity contribution in [3.8, 4) is 0 Å². The molecule has 2 saturated heterocycles. The Kier molecular flexibility index (Phi) is 5.81. The standard InChI is InChI=1S/C23H27N3O2S/c1-16-13-18(5-10-21(16)25-11-3-4-12-25)24-23(28)17-14-22(27)26(15-17)19-6-8-20(29-2)9-7-19/h5-10,13,17H,3-4,11-12,14-15H2,1-2H3,(H,24,28). The number of carbonyl (C=O) groups is 2. The van der Waals surface area contributed by atoms with E-state index in [1.807, 2.05) is 42.7 Å². The number of amides is 2. The van der Waals surface area contributed by atoms with Crippen LogP contribution in [0, 0.1) is 12.8 Å². The zero-order chi connectivity index (χ0) is 20.4. The summed E-state index contributed by atoms with van der Waals surface area (Å²) >= 11 is 1.67. The van der Waals surface area contributed by atoms with Gasteiger partial charge in [-0.15, -0.1) is 11.8 Å². The molecule has 2 aromatic rings. The van der Waals surface area contributed by atoms with Gasteiger partial charge in [0.25, 0.3) is 0 Å². The van der Waals surface area contributed by atoms with E-state index in [0.29, 0.717) is 6.54 Å². The quantitative estimate of drug-likeness (QED) is 0.748. The van der Waals surface area contributed by atoms with Crippen LogP contribution in [-0.2, 0) is 9.59 Å². The molecule has 2 aliphatic rings. The van der Waals surface area contributed by atoms with E-state index < -0.39 is 0 Å². The van der Waals surface area contributed by atoms with Gasteiger partial charge >= 0.3 is 0 Å². The Morgan fingerprint density at radius 3 is 2.48 bits per heavy atom. The Morgan fingerprint density at radius 1 is 1.10 bits per heavy atom. The van der Waals surface area contributed by atoms with Crippen LogP contribution >= 0.6 is 11.8 Å². The van der Waals surface area contributed by atoms with Crippen molar-refractivity contribution >= 4 is 40.6 Å². The largest absolute Gasteiger partial charge is 0.371 e. The number of benzene rings is 2. The third kappa shape index (κ3) is 4.27. The average Bonchev–Trinajstić information content (AvgIpc) is 3.38. The highest BCUT2D eigenvalue weighted by atomic mass is 32.2. The predicted molar refractivity (Wildman–Crippen MR) is 120 cm³/mol. The summed E-state index contributed by atoms with van der Waals surface area (Å²) in [5.74, 6) is -0.418. The SMILES string of the molecule is CSc1ccc(N2CC(C(=O)Nc3ccc(N4CCCC4)c(C)c3)CC2=O)cc1. The second kappa shape index (κ2) is 8.49. The molecule has 2 amide bonds. The topological polar surface area (TPSA) is 52.7 Å². The number of nitrogens with zero attached hydrogens (tertiary/aromatic N) is 2. The highest BCUT2D eigenvalue weighted by molar-refractivity contribution is 7.98. The van der Waals surface area contributed by atoms with Gasteiger partial charge in [0, 0.05) is 48.0 Å². The van der Waals surface area contributed by atoms with Gasteiger partial charge in [-0.1, -0.05) is 0 Å². The van der Waals surface area contributed by atoms with E-state index in [4.69, 9.17) is 0 Å². The monoisotopic (exact) mass is 409 g/mol. The number of anilines is 3. The Hall–Kier alpha value is -2.47. The molecule has 29 heavy (non-hydrogen) atoms. The molecule has 1 atom stereocenters. The summed E-state index contributed by atoms with van der Waals surface area (Å²) in [6, 6.07) is 14.0. The Morgan fingerprint density at radius 2 is 1.83 bits per heavy atom. The van der Waals surface area contributed by atoms with E-state index in [1.54, 1.807) is 16.7 Å². The fourth-order valence-electron chi connectivity index (χ4n) is 4.19. The first kappa shape index (κ1) is 19.8. The second-order valence-electron chi connectivity index (χ2n) is 7.79. The smallest absolute Gasteiger partial charge is 0.229 e. The fourth-order valence-corrected chi connectivity index (χ4v) is 4.59. The van der Waals surface area contributed by atoms with Crippen molar-refractivity contribution in [1.82, 2.24) is 0 Å². The van der Waals surface area contributed by atoms with Crippen LogP contribution in [0.2, 0.25) is 0 Å². The molecule has 2 fully saturated rings. The highest BCUT2D eigenvalue weighted by Crippen LogP contribution is 2.29. The summed E-state index contributed by atoms with van der Waals surface area (Å²) in [7, 11) is 0. The van der Waals surface area contributed by atoms with Crippen LogP contribution in [0.1, 0.15) is 24.8 Å². The van der Waals surface area contributed by atoms with E-state index in [9.17, 15) is 9.59 Å². The maximum atomic E-state index is 12.8. The molecular weight excluding hydrogens is 382 g/mol. The minimum absolute atomic E-state index is 0.00242. The lowest BCUT2D eigenvalue weighted by atomic mass is 10.1. The van der Waals surface area contributed by atoms with Crippen LogP contribution in [0.5, 0.6) is 0 Å². The van der Waals surface area contributed by atoms with Gasteiger partial charge in [0.15, 0.2) is 0 Å². The predicted octanol–water partition coefficient (Wildman–Crippen LogP) is 4.31. The van der Waals surface area contributed by atoms with Crippen molar-refractivity contribution < 1.29 is 9.59 Å². The zero-order valence-electron chi connectivity index (χ0n) is 17.0. The lowest BCUT2D eigenvalue weighted by Gasteiger charge is -2.21. The van der Waals surface area contributed by atoms with Crippen molar-refractivity contribution in [1.29, 1.82) is 0 Å². The van der Waals surface area contributed by atoms with Gasteiger partial charge in [0.2, 0.25) is 11.8 Å². The lowest BCUT2D eigenvalue weighted by molar-refractivity contribution is -0.122. The van der Waals surface area contributed by atoms with Gasteiger partial charge in [-0.05, 0) is 74.0 Å². The fraction of sp³-hybridized carbons (Fsp3) is 0.391. The van der Waals surface area contributed by atoms with Crippen molar-refractivity contribution in [3.05, 3.63) is 48.0 Å². The maximum absolute atomic E-state index is 12.8. The zero-order valence-corrected chi connectivity index (χ0v) is 17.8. The number of hydrogen-bond donors (Lipinski definition) is 1. The molecule has 0 spiro atoms. The molecule has 0 radical (unpaired) electrons. The summed E-state index contributed by atoms with van der Waals surface area (Å²) < 4.78 is 0. The number of rotatable bonds is 5. The van der Waals surface area contributed by atoms with Crippen LogP contribution in [-0.4, -0.2) is 37.7 Å². The Labute approximate surface area is 176 Å². The normalized spacial score (nSPS) is 19.1. The number of thioether (sulfide) groups is 1. The molecule has 1 N–H and O–H groups in total. The highest BCUT2D eigenvalue weighted by Gasteiger charge is 2.35. The van der Waals surface area contributed by atoms with Crippen LogP contribution < -0.4 is 15.1 Å². The molecule has 0 bridgehead atoms. The molecular formula is C23H27N3O2S. The number of carbonyl (C=O) groups excluding carboxylic acids is 2. The summed E-state index contributed by atoms with van der Waals surface area (Å²) in [5.41, 5.74) is 4.07. The minimum Gasteiger partial charge on any atom is -0.371 e. The minimum atomic E-state index is -0.332. The van der Waals surface area contributed by atoms with Crippen LogP contribution in [0.4, 0.5) is 17.1 Å². The first-order chi connectivity index (χ1) is 14.0. The summed E-state index contributed by atoms with van der Waals surface area (Å²) in [6.07, 6.45) is 4.75. The molecule has 6 heteroatoms. The molecule has 152 valence electrons. The molecule has 4 rings (SSSR count). The third-order valence-corrected chi connectivity index (χ3v) is 6.53. The third-order valence-electron chi connectivity index (χ3n) is 5.79. The van der Waals surface area contributed by atoms with Crippen molar-refractivity contribution in [3.63, 3.8) is 0 Å².